The third-order valence-corrected chi connectivity index (χ3v) is 4.19. The number of carbonyl (C=O) groups excluding carboxylic acids is 1. The lowest BCUT2D eigenvalue weighted by atomic mass is 9.92. The van der Waals surface area contributed by atoms with Gasteiger partial charge >= 0.3 is 0 Å². The summed E-state index contributed by atoms with van der Waals surface area (Å²) in [5.74, 6) is 0.769. The summed E-state index contributed by atoms with van der Waals surface area (Å²) >= 11 is 1.76. The number of carbonyl (C=O) groups is 1. The molecule has 0 aromatic carbocycles. The number of halogens is 1. The summed E-state index contributed by atoms with van der Waals surface area (Å²) < 4.78 is 0. The first-order chi connectivity index (χ1) is 9.95. The Bertz CT molecular complexity index is 460. The highest BCUT2D eigenvalue weighted by Crippen LogP contribution is 2.27. The number of guanidine groups is 1. The Morgan fingerprint density at radius 3 is 2.50 bits per heavy atom. The van der Waals surface area contributed by atoms with Crippen molar-refractivity contribution in [3.05, 3.63) is 22.4 Å². The van der Waals surface area contributed by atoms with E-state index in [-0.39, 0.29) is 35.3 Å². The highest BCUT2D eigenvalue weighted by atomic mass is 127. The highest BCUT2D eigenvalue weighted by Gasteiger charge is 2.21. The van der Waals surface area contributed by atoms with E-state index in [1.807, 2.05) is 6.92 Å². The van der Waals surface area contributed by atoms with Crippen LogP contribution in [0.4, 0.5) is 0 Å². The largest absolute Gasteiger partial charge is 0.357 e. The maximum absolute atomic E-state index is 10.8. The molecule has 0 saturated heterocycles. The standard InChI is InChI=1S/C15H26N4OS.HI/c1-5-16-14(18-9-8-17-12(2)20)19-11-15(3,4)13-7-6-10-21-13;/h6-7,10H,5,8-9,11H2,1-4H3,(H,17,20)(H2,16,18,19);1H. The van der Waals surface area contributed by atoms with Gasteiger partial charge in [0.25, 0.3) is 0 Å². The molecule has 1 aromatic heterocycles. The topological polar surface area (TPSA) is 65.5 Å². The van der Waals surface area contributed by atoms with Gasteiger partial charge in [0.2, 0.25) is 5.91 Å². The van der Waals surface area contributed by atoms with Gasteiger partial charge < -0.3 is 16.0 Å². The minimum absolute atomic E-state index is 0. The first kappa shape index (κ1) is 21.2. The van der Waals surface area contributed by atoms with Crippen molar-refractivity contribution in [3.63, 3.8) is 0 Å². The van der Waals surface area contributed by atoms with Gasteiger partial charge in [0, 0.05) is 36.9 Å². The molecule has 0 atom stereocenters. The van der Waals surface area contributed by atoms with E-state index in [1.165, 1.54) is 11.8 Å². The zero-order valence-corrected chi connectivity index (χ0v) is 16.9. The molecule has 0 radical (unpaired) electrons. The molecule has 7 heteroatoms. The van der Waals surface area contributed by atoms with Gasteiger partial charge in [0.05, 0.1) is 6.54 Å². The molecule has 0 fully saturated rings. The minimum Gasteiger partial charge on any atom is -0.357 e. The summed E-state index contributed by atoms with van der Waals surface area (Å²) in [7, 11) is 0. The lowest BCUT2D eigenvalue weighted by Crippen LogP contribution is -2.42. The van der Waals surface area contributed by atoms with E-state index < -0.39 is 0 Å². The average Bonchev–Trinajstić information content (AvgIpc) is 2.95. The maximum atomic E-state index is 10.8. The van der Waals surface area contributed by atoms with Crippen molar-refractivity contribution >= 4 is 47.2 Å². The summed E-state index contributed by atoms with van der Waals surface area (Å²) in [4.78, 5) is 16.8. The van der Waals surface area contributed by atoms with E-state index in [4.69, 9.17) is 0 Å². The van der Waals surface area contributed by atoms with Gasteiger partial charge in [-0.05, 0) is 18.4 Å². The molecular formula is C15H27IN4OS. The highest BCUT2D eigenvalue weighted by molar-refractivity contribution is 14.0. The molecule has 1 aromatic rings. The number of hydrogen-bond donors (Lipinski definition) is 3. The van der Waals surface area contributed by atoms with Crippen molar-refractivity contribution < 1.29 is 4.79 Å². The Labute approximate surface area is 154 Å². The molecule has 1 rings (SSSR count). The zero-order chi connectivity index (χ0) is 15.7. The van der Waals surface area contributed by atoms with Crippen molar-refractivity contribution in [3.8, 4) is 0 Å². The Kier molecular flexibility index (Phi) is 10.4. The fourth-order valence-corrected chi connectivity index (χ4v) is 2.62. The van der Waals surface area contributed by atoms with Gasteiger partial charge in [-0.25, -0.2) is 0 Å². The number of rotatable bonds is 7. The van der Waals surface area contributed by atoms with Crippen LogP contribution in [0.1, 0.15) is 32.6 Å². The quantitative estimate of drug-likeness (QED) is 0.265. The van der Waals surface area contributed by atoms with Gasteiger partial charge in [0.1, 0.15) is 0 Å². The van der Waals surface area contributed by atoms with E-state index in [9.17, 15) is 4.79 Å². The predicted octanol–water partition coefficient (Wildman–Crippen LogP) is 2.33. The maximum Gasteiger partial charge on any atom is 0.216 e. The smallest absolute Gasteiger partial charge is 0.216 e. The third-order valence-electron chi connectivity index (χ3n) is 2.96. The second kappa shape index (κ2) is 10.8. The fourth-order valence-electron chi connectivity index (χ4n) is 1.78. The summed E-state index contributed by atoms with van der Waals surface area (Å²) in [6, 6.07) is 4.22. The van der Waals surface area contributed by atoms with Crippen LogP contribution in [0.25, 0.3) is 0 Å². The molecular weight excluding hydrogens is 411 g/mol. The SMILES string of the molecule is CCNC(=NCC(C)(C)c1cccs1)NCCNC(C)=O.I. The first-order valence-electron chi connectivity index (χ1n) is 7.26. The molecule has 126 valence electrons. The molecule has 0 unspecified atom stereocenters. The zero-order valence-electron chi connectivity index (χ0n) is 13.7. The number of thiophene rings is 1. The molecule has 0 saturated carbocycles. The molecule has 1 amide bonds. The lowest BCUT2D eigenvalue weighted by Gasteiger charge is -2.21. The number of amides is 1. The van der Waals surface area contributed by atoms with Crippen molar-refractivity contribution in [2.45, 2.75) is 33.1 Å². The van der Waals surface area contributed by atoms with Crippen LogP contribution in [-0.4, -0.2) is 38.0 Å². The van der Waals surface area contributed by atoms with Crippen LogP contribution in [0.2, 0.25) is 0 Å². The van der Waals surface area contributed by atoms with Gasteiger partial charge in [-0.15, -0.1) is 35.3 Å². The third kappa shape index (κ3) is 7.98. The summed E-state index contributed by atoms with van der Waals surface area (Å²) in [6.45, 7) is 10.7. The molecule has 3 N–H and O–H groups in total. The van der Waals surface area contributed by atoms with E-state index in [1.54, 1.807) is 11.3 Å². The number of aliphatic imine (C=N–C) groups is 1. The van der Waals surface area contributed by atoms with Crippen LogP contribution < -0.4 is 16.0 Å². The van der Waals surface area contributed by atoms with E-state index in [2.05, 4.69) is 52.3 Å². The average molecular weight is 438 g/mol. The summed E-state index contributed by atoms with van der Waals surface area (Å²) in [6.07, 6.45) is 0. The first-order valence-corrected chi connectivity index (χ1v) is 8.14. The van der Waals surface area contributed by atoms with Crippen LogP contribution in [0.3, 0.4) is 0 Å². The van der Waals surface area contributed by atoms with Crippen molar-refractivity contribution in [2.75, 3.05) is 26.2 Å². The monoisotopic (exact) mass is 438 g/mol. The van der Waals surface area contributed by atoms with Crippen molar-refractivity contribution in [2.24, 2.45) is 4.99 Å². The van der Waals surface area contributed by atoms with Crippen molar-refractivity contribution in [1.82, 2.24) is 16.0 Å². The van der Waals surface area contributed by atoms with Crippen LogP contribution in [0.5, 0.6) is 0 Å². The second-order valence-electron chi connectivity index (χ2n) is 5.47. The number of nitrogens with one attached hydrogen (secondary N) is 3. The molecule has 5 nitrogen and oxygen atoms in total. The summed E-state index contributed by atoms with van der Waals surface area (Å²) in [5.41, 5.74) is 0.0220. The fraction of sp³-hybridized carbons (Fsp3) is 0.600. The van der Waals surface area contributed by atoms with Crippen LogP contribution in [0, 0.1) is 0 Å². The van der Waals surface area contributed by atoms with Gasteiger partial charge in [0.15, 0.2) is 5.96 Å². The van der Waals surface area contributed by atoms with Crippen molar-refractivity contribution in [1.29, 1.82) is 0 Å². The molecule has 22 heavy (non-hydrogen) atoms. The molecule has 0 aliphatic rings. The molecule has 0 aliphatic carbocycles. The molecule has 0 bridgehead atoms. The van der Waals surface area contributed by atoms with Gasteiger partial charge in [-0.2, -0.15) is 0 Å². The Hall–Kier alpha value is -0.830. The predicted molar refractivity (Wildman–Crippen MR) is 105 cm³/mol. The molecule has 1 heterocycles. The Balaban J connectivity index is 0.00000441. The van der Waals surface area contributed by atoms with Crippen LogP contribution in [-0.2, 0) is 10.2 Å². The van der Waals surface area contributed by atoms with E-state index in [0.29, 0.717) is 19.6 Å². The van der Waals surface area contributed by atoms with Gasteiger partial charge in [-0.1, -0.05) is 19.9 Å². The normalized spacial score (nSPS) is 11.5. The van der Waals surface area contributed by atoms with E-state index in [0.717, 1.165) is 12.5 Å². The Morgan fingerprint density at radius 2 is 1.95 bits per heavy atom. The second-order valence-corrected chi connectivity index (χ2v) is 6.41. The molecule has 0 aliphatic heterocycles. The number of hydrogen-bond acceptors (Lipinski definition) is 3. The lowest BCUT2D eigenvalue weighted by molar-refractivity contribution is -0.118. The molecule has 0 spiro atoms. The Morgan fingerprint density at radius 1 is 1.27 bits per heavy atom. The van der Waals surface area contributed by atoms with E-state index >= 15 is 0 Å². The van der Waals surface area contributed by atoms with Gasteiger partial charge in [-0.3, -0.25) is 9.79 Å². The minimum atomic E-state index is -0.0161. The van der Waals surface area contributed by atoms with Crippen LogP contribution >= 0.6 is 35.3 Å². The number of nitrogens with zero attached hydrogens (tertiary/aromatic N) is 1. The van der Waals surface area contributed by atoms with Crippen LogP contribution in [0.15, 0.2) is 22.5 Å². The summed E-state index contributed by atoms with van der Waals surface area (Å²) in [5, 5.41) is 11.3.